The number of amides is 1. The lowest BCUT2D eigenvalue weighted by Crippen LogP contribution is -2.31. The second kappa shape index (κ2) is 9.17. The number of aromatic nitrogens is 1. The molecule has 1 aromatic carbocycles. The second-order valence-corrected chi connectivity index (χ2v) is 6.24. The molecule has 2 aromatic rings. The molecule has 0 N–H and O–H groups in total. The minimum absolute atomic E-state index is 0.0719. The topological polar surface area (TPSA) is 68.7 Å². The van der Waals surface area contributed by atoms with E-state index in [0.29, 0.717) is 36.0 Å². The Hall–Kier alpha value is -2.41. The van der Waals surface area contributed by atoms with Crippen molar-refractivity contribution in [2.45, 2.75) is 26.8 Å². The summed E-state index contributed by atoms with van der Waals surface area (Å²) in [5.74, 6) is 0.198. The van der Waals surface area contributed by atoms with Crippen LogP contribution in [0.3, 0.4) is 0 Å². The number of esters is 1. The van der Waals surface area contributed by atoms with Gasteiger partial charge in [0, 0.05) is 17.5 Å². The van der Waals surface area contributed by atoms with Crippen LogP contribution in [0.1, 0.15) is 46.1 Å². The molecule has 0 radical (unpaired) electrons. The van der Waals surface area contributed by atoms with Gasteiger partial charge in [-0.2, -0.15) is 0 Å². The fourth-order valence-electron chi connectivity index (χ4n) is 2.28. The van der Waals surface area contributed by atoms with Gasteiger partial charge < -0.3 is 14.4 Å². The first-order valence-electron chi connectivity index (χ1n) is 8.13. The molecule has 0 fully saturated rings. The van der Waals surface area contributed by atoms with E-state index in [2.05, 4.69) is 4.98 Å². The van der Waals surface area contributed by atoms with Crippen molar-refractivity contribution in [3.05, 3.63) is 45.9 Å². The lowest BCUT2D eigenvalue weighted by molar-refractivity contribution is 0.0520. The van der Waals surface area contributed by atoms with E-state index in [-0.39, 0.29) is 11.6 Å². The number of hydrogen-bond donors (Lipinski definition) is 0. The average molecular weight is 362 g/mol. The van der Waals surface area contributed by atoms with E-state index in [0.717, 1.165) is 6.42 Å². The van der Waals surface area contributed by atoms with Gasteiger partial charge in [-0.05, 0) is 37.6 Å². The molecule has 25 heavy (non-hydrogen) atoms. The summed E-state index contributed by atoms with van der Waals surface area (Å²) in [6.07, 6.45) is 0.831. The van der Waals surface area contributed by atoms with Crippen LogP contribution in [-0.4, -0.2) is 42.0 Å². The van der Waals surface area contributed by atoms with Crippen LogP contribution in [0.5, 0.6) is 5.75 Å². The standard InChI is InChI=1S/C18H22N2O4S/c1-4-10-20(17(21)13-6-8-14(23-3)9-7-13)11-16-19-15(12-25-16)18(22)24-5-2/h6-9,12H,4-5,10-11H2,1-3H3. The summed E-state index contributed by atoms with van der Waals surface area (Å²) in [7, 11) is 1.59. The van der Waals surface area contributed by atoms with Gasteiger partial charge in [0.2, 0.25) is 0 Å². The van der Waals surface area contributed by atoms with Crippen molar-refractivity contribution in [2.24, 2.45) is 0 Å². The molecule has 0 atom stereocenters. The molecule has 1 heterocycles. The van der Waals surface area contributed by atoms with Crippen LogP contribution in [0.15, 0.2) is 29.6 Å². The maximum Gasteiger partial charge on any atom is 0.357 e. The highest BCUT2D eigenvalue weighted by atomic mass is 32.1. The highest BCUT2D eigenvalue weighted by Gasteiger charge is 2.18. The third kappa shape index (κ3) is 5.03. The molecule has 6 nitrogen and oxygen atoms in total. The Kier molecular flexibility index (Phi) is 6.94. The molecule has 1 amide bonds. The molecular formula is C18H22N2O4S. The van der Waals surface area contributed by atoms with Gasteiger partial charge >= 0.3 is 5.97 Å². The Morgan fingerprint density at radius 2 is 1.92 bits per heavy atom. The number of methoxy groups -OCH3 is 1. The molecule has 7 heteroatoms. The van der Waals surface area contributed by atoms with Gasteiger partial charge in [-0.25, -0.2) is 9.78 Å². The van der Waals surface area contributed by atoms with E-state index in [4.69, 9.17) is 9.47 Å². The largest absolute Gasteiger partial charge is 0.497 e. The van der Waals surface area contributed by atoms with Gasteiger partial charge in [-0.15, -0.1) is 11.3 Å². The number of carbonyl (C=O) groups is 2. The molecule has 0 bridgehead atoms. The first-order valence-corrected chi connectivity index (χ1v) is 9.01. The van der Waals surface area contributed by atoms with Gasteiger partial charge in [0.15, 0.2) is 5.69 Å². The maximum absolute atomic E-state index is 12.8. The quantitative estimate of drug-likeness (QED) is 0.674. The fraction of sp³-hybridized carbons (Fsp3) is 0.389. The van der Waals surface area contributed by atoms with Crippen LogP contribution in [-0.2, 0) is 11.3 Å². The van der Waals surface area contributed by atoms with Gasteiger partial charge in [0.25, 0.3) is 5.91 Å². The van der Waals surface area contributed by atoms with Crippen LogP contribution in [0.4, 0.5) is 0 Å². The zero-order valence-corrected chi connectivity index (χ0v) is 15.5. The molecule has 0 aliphatic carbocycles. The maximum atomic E-state index is 12.8. The summed E-state index contributed by atoms with van der Waals surface area (Å²) in [4.78, 5) is 30.5. The van der Waals surface area contributed by atoms with Gasteiger partial charge in [0.1, 0.15) is 10.8 Å². The molecule has 0 spiro atoms. The van der Waals surface area contributed by atoms with E-state index < -0.39 is 5.97 Å². The number of benzene rings is 1. The summed E-state index contributed by atoms with van der Waals surface area (Å²) in [5, 5.41) is 2.37. The molecule has 134 valence electrons. The van der Waals surface area contributed by atoms with Crippen LogP contribution in [0.2, 0.25) is 0 Å². The van der Waals surface area contributed by atoms with E-state index in [9.17, 15) is 9.59 Å². The normalized spacial score (nSPS) is 10.4. The molecule has 1 aromatic heterocycles. The van der Waals surface area contributed by atoms with E-state index in [1.165, 1.54) is 11.3 Å². The minimum atomic E-state index is -0.437. The zero-order valence-electron chi connectivity index (χ0n) is 14.7. The van der Waals surface area contributed by atoms with E-state index >= 15 is 0 Å². The Morgan fingerprint density at radius 3 is 2.52 bits per heavy atom. The monoisotopic (exact) mass is 362 g/mol. The first-order chi connectivity index (χ1) is 12.1. The van der Waals surface area contributed by atoms with Gasteiger partial charge in [0.05, 0.1) is 20.3 Å². The van der Waals surface area contributed by atoms with Crippen LogP contribution in [0.25, 0.3) is 0 Å². The molecule has 2 rings (SSSR count). The van der Waals surface area contributed by atoms with E-state index in [1.807, 2.05) is 6.92 Å². The van der Waals surface area contributed by atoms with Crippen molar-refractivity contribution in [1.82, 2.24) is 9.88 Å². The minimum Gasteiger partial charge on any atom is -0.497 e. The van der Waals surface area contributed by atoms with Crippen molar-refractivity contribution in [3.63, 3.8) is 0 Å². The Bertz CT molecular complexity index is 712. The number of carbonyl (C=O) groups excluding carboxylic acids is 2. The van der Waals surface area contributed by atoms with Crippen molar-refractivity contribution < 1.29 is 19.1 Å². The van der Waals surface area contributed by atoms with Crippen molar-refractivity contribution >= 4 is 23.2 Å². The Balaban J connectivity index is 2.11. The number of thiazole rings is 1. The predicted molar refractivity (Wildman–Crippen MR) is 96.1 cm³/mol. The number of hydrogen-bond acceptors (Lipinski definition) is 6. The molecule has 0 aliphatic rings. The number of nitrogens with zero attached hydrogens (tertiary/aromatic N) is 2. The Morgan fingerprint density at radius 1 is 1.20 bits per heavy atom. The number of rotatable bonds is 8. The highest BCUT2D eigenvalue weighted by molar-refractivity contribution is 7.09. The number of ether oxygens (including phenoxy) is 2. The summed E-state index contributed by atoms with van der Waals surface area (Å²) in [6.45, 7) is 5.05. The Labute approximate surface area is 151 Å². The van der Waals surface area contributed by atoms with E-state index in [1.54, 1.807) is 48.6 Å². The summed E-state index contributed by atoms with van der Waals surface area (Å²) >= 11 is 1.35. The zero-order chi connectivity index (χ0) is 18.2. The highest BCUT2D eigenvalue weighted by Crippen LogP contribution is 2.17. The third-order valence-corrected chi connectivity index (χ3v) is 4.31. The fourth-order valence-corrected chi connectivity index (χ4v) is 3.06. The smallest absolute Gasteiger partial charge is 0.357 e. The summed E-state index contributed by atoms with van der Waals surface area (Å²) < 4.78 is 10.1. The third-order valence-electron chi connectivity index (χ3n) is 3.48. The van der Waals surface area contributed by atoms with Gasteiger partial charge in [-0.1, -0.05) is 6.92 Å². The molecule has 0 unspecified atom stereocenters. The predicted octanol–water partition coefficient (Wildman–Crippen LogP) is 3.38. The summed E-state index contributed by atoms with van der Waals surface area (Å²) in [6, 6.07) is 7.02. The first kappa shape index (κ1) is 18.9. The molecule has 0 aliphatic heterocycles. The lowest BCUT2D eigenvalue weighted by atomic mass is 10.2. The van der Waals surface area contributed by atoms with Crippen molar-refractivity contribution in [3.8, 4) is 5.75 Å². The SMILES string of the molecule is CCCN(Cc1nc(C(=O)OCC)cs1)C(=O)c1ccc(OC)cc1. The van der Waals surface area contributed by atoms with Crippen molar-refractivity contribution in [1.29, 1.82) is 0 Å². The average Bonchev–Trinajstić information content (AvgIpc) is 3.10. The summed E-state index contributed by atoms with van der Waals surface area (Å²) in [5.41, 5.74) is 0.881. The van der Waals surface area contributed by atoms with Crippen LogP contribution >= 0.6 is 11.3 Å². The molecule has 0 saturated carbocycles. The molecular weight excluding hydrogens is 340 g/mol. The van der Waals surface area contributed by atoms with Gasteiger partial charge in [-0.3, -0.25) is 4.79 Å². The van der Waals surface area contributed by atoms with Crippen LogP contribution < -0.4 is 4.74 Å². The van der Waals surface area contributed by atoms with Crippen LogP contribution in [0, 0.1) is 0 Å². The lowest BCUT2D eigenvalue weighted by Gasteiger charge is -2.21. The van der Waals surface area contributed by atoms with Crippen molar-refractivity contribution in [2.75, 3.05) is 20.3 Å². The second-order valence-electron chi connectivity index (χ2n) is 5.30. The molecule has 0 saturated heterocycles.